The van der Waals surface area contributed by atoms with Crippen LogP contribution in [0.25, 0.3) is 0 Å². The molecule has 5 heteroatoms. The van der Waals surface area contributed by atoms with Crippen molar-refractivity contribution in [1.82, 2.24) is 9.91 Å². The minimum absolute atomic E-state index is 0.0239. The number of aryl methyl sites for hydroxylation is 1. The number of ketones is 1. The zero-order valence-corrected chi connectivity index (χ0v) is 11.8. The number of hydrazine groups is 1. The second-order valence-electron chi connectivity index (χ2n) is 5.21. The first-order valence-electron chi connectivity index (χ1n) is 6.93. The number of piperazine rings is 1. The van der Waals surface area contributed by atoms with E-state index in [1.165, 1.54) is 0 Å². The van der Waals surface area contributed by atoms with Gasteiger partial charge in [0.15, 0.2) is 5.78 Å². The van der Waals surface area contributed by atoms with E-state index in [-0.39, 0.29) is 24.5 Å². The van der Waals surface area contributed by atoms with Crippen LogP contribution in [-0.4, -0.2) is 47.8 Å². The SMILES string of the molecule is Cc1ccc(C(=O)CCC(=O)N2CCN(N)CC2)cc1. The Balaban J connectivity index is 1.81. The zero-order chi connectivity index (χ0) is 14.5. The van der Waals surface area contributed by atoms with Gasteiger partial charge in [0.1, 0.15) is 0 Å². The fraction of sp³-hybridized carbons (Fsp3) is 0.467. The molecule has 1 amide bonds. The first-order valence-corrected chi connectivity index (χ1v) is 6.93. The molecule has 1 aliphatic heterocycles. The molecule has 1 aromatic rings. The second-order valence-corrected chi connectivity index (χ2v) is 5.21. The van der Waals surface area contributed by atoms with E-state index in [9.17, 15) is 9.59 Å². The van der Waals surface area contributed by atoms with Crippen molar-refractivity contribution >= 4 is 11.7 Å². The number of hydrogen-bond donors (Lipinski definition) is 1. The Kier molecular flexibility index (Phi) is 4.87. The van der Waals surface area contributed by atoms with E-state index in [1.54, 1.807) is 9.91 Å². The van der Waals surface area contributed by atoms with Crippen LogP contribution in [0.15, 0.2) is 24.3 Å². The molecule has 1 aliphatic rings. The van der Waals surface area contributed by atoms with Gasteiger partial charge in [-0.2, -0.15) is 0 Å². The van der Waals surface area contributed by atoms with Gasteiger partial charge in [0.05, 0.1) is 0 Å². The molecule has 0 atom stereocenters. The second kappa shape index (κ2) is 6.63. The van der Waals surface area contributed by atoms with E-state index < -0.39 is 0 Å². The summed E-state index contributed by atoms with van der Waals surface area (Å²) < 4.78 is 0. The van der Waals surface area contributed by atoms with Crippen LogP contribution < -0.4 is 5.84 Å². The molecule has 0 bridgehead atoms. The van der Waals surface area contributed by atoms with Gasteiger partial charge in [-0.25, -0.2) is 5.01 Å². The molecule has 0 aliphatic carbocycles. The van der Waals surface area contributed by atoms with Gasteiger partial charge in [-0.15, -0.1) is 0 Å². The first kappa shape index (κ1) is 14.7. The van der Waals surface area contributed by atoms with Crippen LogP contribution in [0.1, 0.15) is 28.8 Å². The summed E-state index contributed by atoms with van der Waals surface area (Å²) in [4.78, 5) is 25.8. The smallest absolute Gasteiger partial charge is 0.223 e. The number of nitrogens with zero attached hydrogens (tertiary/aromatic N) is 2. The van der Waals surface area contributed by atoms with Crippen molar-refractivity contribution in [1.29, 1.82) is 0 Å². The van der Waals surface area contributed by atoms with Crippen molar-refractivity contribution in [2.75, 3.05) is 26.2 Å². The lowest BCUT2D eigenvalue weighted by atomic mass is 10.0. The lowest BCUT2D eigenvalue weighted by Crippen LogP contribution is -2.51. The molecule has 2 N–H and O–H groups in total. The third kappa shape index (κ3) is 3.88. The van der Waals surface area contributed by atoms with Crippen molar-refractivity contribution in [3.05, 3.63) is 35.4 Å². The lowest BCUT2D eigenvalue weighted by Gasteiger charge is -2.32. The van der Waals surface area contributed by atoms with E-state index in [4.69, 9.17) is 5.84 Å². The number of benzene rings is 1. The third-order valence-corrected chi connectivity index (χ3v) is 3.61. The number of rotatable bonds is 4. The molecule has 0 aromatic heterocycles. The highest BCUT2D eigenvalue weighted by molar-refractivity contribution is 5.97. The van der Waals surface area contributed by atoms with E-state index in [1.807, 2.05) is 31.2 Å². The molecule has 0 saturated carbocycles. The van der Waals surface area contributed by atoms with Gasteiger partial charge in [-0.05, 0) is 6.92 Å². The van der Waals surface area contributed by atoms with Crippen molar-refractivity contribution in [3.63, 3.8) is 0 Å². The first-order chi connectivity index (χ1) is 9.56. The summed E-state index contributed by atoms with van der Waals surface area (Å²) >= 11 is 0. The number of carbonyl (C=O) groups is 2. The minimum atomic E-state index is 0.0239. The highest BCUT2D eigenvalue weighted by Crippen LogP contribution is 2.09. The Morgan fingerprint density at radius 1 is 1.05 bits per heavy atom. The predicted octanol–water partition coefficient (Wildman–Crippen LogP) is 0.976. The van der Waals surface area contributed by atoms with E-state index in [2.05, 4.69) is 0 Å². The van der Waals surface area contributed by atoms with E-state index in [0.717, 1.165) is 5.56 Å². The number of hydrogen-bond acceptors (Lipinski definition) is 4. The van der Waals surface area contributed by atoms with Crippen molar-refractivity contribution in [3.8, 4) is 0 Å². The molecule has 20 heavy (non-hydrogen) atoms. The summed E-state index contributed by atoms with van der Waals surface area (Å²) in [6.45, 7) is 4.66. The Labute approximate surface area is 119 Å². The maximum atomic E-state index is 12.0. The normalized spacial score (nSPS) is 16.2. The highest BCUT2D eigenvalue weighted by Gasteiger charge is 2.20. The fourth-order valence-electron chi connectivity index (χ4n) is 2.23. The standard InChI is InChI=1S/C15H21N3O2/c1-12-2-4-13(5-3-12)14(19)6-7-15(20)17-8-10-18(16)11-9-17/h2-5H,6-11,16H2,1H3. The van der Waals surface area contributed by atoms with E-state index in [0.29, 0.717) is 31.7 Å². The molecule has 2 rings (SSSR count). The summed E-state index contributed by atoms with van der Waals surface area (Å²) in [5, 5.41) is 1.71. The number of Topliss-reactive ketones (excluding diaryl/α,β-unsaturated/α-hetero) is 1. The van der Waals surface area contributed by atoms with Crippen LogP contribution in [-0.2, 0) is 4.79 Å². The number of nitrogens with two attached hydrogens (primary N) is 1. The van der Waals surface area contributed by atoms with Gasteiger partial charge >= 0.3 is 0 Å². The topological polar surface area (TPSA) is 66.6 Å². The minimum Gasteiger partial charge on any atom is -0.340 e. The van der Waals surface area contributed by atoms with Gasteiger partial charge < -0.3 is 4.90 Å². The summed E-state index contributed by atoms with van der Waals surface area (Å²) in [6.07, 6.45) is 0.544. The highest BCUT2D eigenvalue weighted by atomic mass is 16.2. The molecule has 1 saturated heterocycles. The Hall–Kier alpha value is -1.72. The van der Waals surface area contributed by atoms with Crippen LogP contribution in [0, 0.1) is 6.92 Å². The van der Waals surface area contributed by atoms with Crippen LogP contribution in [0.2, 0.25) is 0 Å². The van der Waals surface area contributed by atoms with Gasteiger partial charge in [-0.3, -0.25) is 15.4 Å². The van der Waals surface area contributed by atoms with Gasteiger partial charge in [-0.1, -0.05) is 29.8 Å². The Morgan fingerprint density at radius 2 is 1.65 bits per heavy atom. The molecular weight excluding hydrogens is 254 g/mol. The molecule has 0 radical (unpaired) electrons. The molecule has 0 unspecified atom stereocenters. The zero-order valence-electron chi connectivity index (χ0n) is 11.8. The molecular formula is C15H21N3O2. The fourth-order valence-corrected chi connectivity index (χ4v) is 2.23. The molecule has 5 nitrogen and oxygen atoms in total. The van der Waals surface area contributed by atoms with Crippen LogP contribution in [0.3, 0.4) is 0 Å². The third-order valence-electron chi connectivity index (χ3n) is 3.61. The molecule has 108 valence electrons. The van der Waals surface area contributed by atoms with Crippen LogP contribution in [0.5, 0.6) is 0 Å². The van der Waals surface area contributed by atoms with Crippen LogP contribution >= 0.6 is 0 Å². The van der Waals surface area contributed by atoms with E-state index >= 15 is 0 Å². The molecule has 1 fully saturated rings. The average Bonchev–Trinajstić information content (AvgIpc) is 2.46. The molecule has 1 heterocycles. The van der Waals surface area contributed by atoms with Crippen molar-refractivity contribution in [2.24, 2.45) is 5.84 Å². The summed E-state index contributed by atoms with van der Waals surface area (Å²) in [5.41, 5.74) is 1.80. The Bertz CT molecular complexity index is 476. The Morgan fingerprint density at radius 3 is 2.25 bits per heavy atom. The maximum absolute atomic E-state index is 12.0. The molecule has 1 aromatic carbocycles. The van der Waals surface area contributed by atoms with Gasteiger partial charge in [0, 0.05) is 44.6 Å². The van der Waals surface area contributed by atoms with Crippen molar-refractivity contribution in [2.45, 2.75) is 19.8 Å². The summed E-state index contributed by atoms with van der Waals surface area (Å²) in [5.74, 6) is 5.71. The summed E-state index contributed by atoms with van der Waals surface area (Å²) in [6, 6.07) is 7.45. The summed E-state index contributed by atoms with van der Waals surface area (Å²) in [7, 11) is 0. The van der Waals surface area contributed by atoms with Crippen LogP contribution in [0.4, 0.5) is 0 Å². The monoisotopic (exact) mass is 275 g/mol. The number of carbonyl (C=O) groups excluding carboxylic acids is 2. The average molecular weight is 275 g/mol. The van der Waals surface area contributed by atoms with Gasteiger partial charge in [0.25, 0.3) is 0 Å². The van der Waals surface area contributed by atoms with Gasteiger partial charge in [0.2, 0.25) is 5.91 Å². The largest absolute Gasteiger partial charge is 0.340 e. The predicted molar refractivity (Wildman–Crippen MR) is 77.1 cm³/mol. The lowest BCUT2D eigenvalue weighted by molar-refractivity contribution is -0.132. The maximum Gasteiger partial charge on any atom is 0.223 e. The number of amides is 1. The quantitative estimate of drug-likeness (QED) is 0.657. The van der Waals surface area contributed by atoms with Crippen molar-refractivity contribution < 1.29 is 9.59 Å². The molecule has 0 spiro atoms.